The number of rotatable bonds is 9. The van der Waals surface area contributed by atoms with Crippen molar-refractivity contribution in [2.24, 2.45) is 0 Å². The molecule has 2 heterocycles. The first-order valence-corrected chi connectivity index (χ1v) is 12.4. The number of nitrogens with zero attached hydrogens (tertiary/aromatic N) is 2. The van der Waals surface area contributed by atoms with Crippen LogP contribution < -0.4 is 20.3 Å². The highest BCUT2D eigenvalue weighted by atomic mass is 16.5. The number of hydrogen-bond donors (Lipinski definition) is 2. The third kappa shape index (κ3) is 6.95. The van der Waals surface area contributed by atoms with Gasteiger partial charge in [0.2, 0.25) is 0 Å². The Balaban J connectivity index is 1.18. The lowest BCUT2D eigenvalue weighted by molar-refractivity contribution is -0.118. The summed E-state index contributed by atoms with van der Waals surface area (Å²) >= 11 is 0. The van der Waals surface area contributed by atoms with Gasteiger partial charge in [0.1, 0.15) is 5.75 Å². The van der Waals surface area contributed by atoms with E-state index in [1.165, 1.54) is 5.69 Å². The molecule has 2 aliphatic rings. The lowest BCUT2D eigenvalue weighted by Gasteiger charge is -2.42. The molecule has 2 aromatic rings. The van der Waals surface area contributed by atoms with Crippen LogP contribution >= 0.6 is 0 Å². The molecule has 7 heteroatoms. The minimum absolute atomic E-state index is 0.00534. The fourth-order valence-corrected chi connectivity index (χ4v) is 4.63. The molecular formula is C27H38N4O3. The lowest BCUT2D eigenvalue weighted by Crippen LogP contribution is -2.56. The Morgan fingerprint density at radius 1 is 1.00 bits per heavy atom. The molecule has 0 spiro atoms. The summed E-state index contributed by atoms with van der Waals surface area (Å²) in [6.45, 7) is 11.4. The van der Waals surface area contributed by atoms with Gasteiger partial charge in [-0.1, -0.05) is 18.2 Å². The molecule has 0 aliphatic carbocycles. The van der Waals surface area contributed by atoms with Gasteiger partial charge in [0.05, 0.1) is 13.2 Å². The maximum absolute atomic E-state index is 12.2. The van der Waals surface area contributed by atoms with Crippen molar-refractivity contribution in [2.75, 3.05) is 62.8 Å². The van der Waals surface area contributed by atoms with Crippen molar-refractivity contribution in [1.29, 1.82) is 0 Å². The highest BCUT2D eigenvalue weighted by Gasteiger charge is 2.29. The van der Waals surface area contributed by atoms with Gasteiger partial charge >= 0.3 is 0 Å². The molecule has 7 nitrogen and oxygen atoms in total. The van der Waals surface area contributed by atoms with Gasteiger partial charge in [-0.3, -0.25) is 9.69 Å². The van der Waals surface area contributed by atoms with Crippen molar-refractivity contribution >= 4 is 17.3 Å². The summed E-state index contributed by atoms with van der Waals surface area (Å²) in [5.41, 5.74) is 2.13. The SMILES string of the molecule is CC(C)(CNC1CCN(c2ccc(NC(=O)COc3ccccc3)cc2)CC1)N1CCOCC1. The summed E-state index contributed by atoms with van der Waals surface area (Å²) in [7, 11) is 0. The van der Waals surface area contributed by atoms with Gasteiger partial charge in [-0.05, 0) is 63.1 Å². The highest BCUT2D eigenvalue weighted by Crippen LogP contribution is 2.23. The predicted octanol–water partition coefficient (Wildman–Crippen LogP) is 3.37. The lowest BCUT2D eigenvalue weighted by atomic mass is 9.99. The number of carbonyl (C=O) groups excluding carboxylic acids is 1. The van der Waals surface area contributed by atoms with Gasteiger partial charge in [0.25, 0.3) is 5.91 Å². The molecule has 1 amide bonds. The molecule has 2 N–H and O–H groups in total. The molecule has 2 aliphatic heterocycles. The second-order valence-corrected chi connectivity index (χ2v) is 9.75. The maximum atomic E-state index is 12.2. The quantitative estimate of drug-likeness (QED) is 0.591. The summed E-state index contributed by atoms with van der Waals surface area (Å²) in [5.74, 6) is 0.527. The van der Waals surface area contributed by atoms with Crippen LogP contribution in [0.1, 0.15) is 26.7 Å². The van der Waals surface area contributed by atoms with Crippen molar-refractivity contribution < 1.29 is 14.3 Å². The number of piperidine rings is 1. The molecule has 4 rings (SSSR count). The van der Waals surface area contributed by atoms with Crippen LogP contribution in [0.3, 0.4) is 0 Å². The van der Waals surface area contributed by atoms with Crippen molar-refractivity contribution in [3.8, 4) is 5.75 Å². The molecule has 2 aromatic carbocycles. The number of carbonyl (C=O) groups is 1. The van der Waals surface area contributed by atoms with Gasteiger partial charge in [0, 0.05) is 55.7 Å². The molecule has 34 heavy (non-hydrogen) atoms. The topological polar surface area (TPSA) is 66.1 Å². The maximum Gasteiger partial charge on any atom is 0.262 e. The van der Waals surface area contributed by atoms with E-state index < -0.39 is 0 Å². The van der Waals surface area contributed by atoms with Gasteiger partial charge in [-0.15, -0.1) is 0 Å². The number of para-hydroxylation sites is 1. The number of anilines is 2. The second kappa shape index (κ2) is 11.7. The zero-order chi connectivity index (χ0) is 23.8. The smallest absolute Gasteiger partial charge is 0.262 e. The standard InChI is InChI=1S/C27H38N4O3/c1-27(2,31-16-18-33-19-17-31)21-28-22-12-14-30(15-13-22)24-10-8-23(9-11-24)29-26(32)20-34-25-6-4-3-5-7-25/h3-11,22,28H,12-21H2,1-2H3,(H,29,32). The first-order valence-electron chi connectivity index (χ1n) is 12.4. The van der Waals surface area contributed by atoms with Gasteiger partial charge in [-0.25, -0.2) is 0 Å². The molecular weight excluding hydrogens is 428 g/mol. The summed E-state index contributed by atoms with van der Waals surface area (Å²) in [4.78, 5) is 17.1. The monoisotopic (exact) mass is 466 g/mol. The van der Waals surface area contributed by atoms with E-state index in [-0.39, 0.29) is 18.1 Å². The van der Waals surface area contributed by atoms with E-state index >= 15 is 0 Å². The molecule has 0 unspecified atom stereocenters. The van der Waals surface area contributed by atoms with Crippen molar-refractivity contribution in [2.45, 2.75) is 38.3 Å². The third-order valence-corrected chi connectivity index (χ3v) is 6.81. The van der Waals surface area contributed by atoms with Crippen molar-refractivity contribution in [1.82, 2.24) is 10.2 Å². The Morgan fingerprint density at radius 3 is 2.35 bits per heavy atom. The van der Waals surface area contributed by atoms with Gasteiger partial charge in [0.15, 0.2) is 6.61 Å². The largest absolute Gasteiger partial charge is 0.484 e. The van der Waals surface area contributed by atoms with E-state index in [2.05, 4.69) is 46.4 Å². The van der Waals surface area contributed by atoms with E-state index in [0.29, 0.717) is 11.8 Å². The zero-order valence-corrected chi connectivity index (χ0v) is 20.5. The number of benzene rings is 2. The number of amides is 1. The third-order valence-electron chi connectivity index (χ3n) is 6.81. The Hall–Kier alpha value is -2.61. The number of hydrogen-bond acceptors (Lipinski definition) is 6. The van der Waals surface area contributed by atoms with Crippen LogP contribution in [0.25, 0.3) is 0 Å². The van der Waals surface area contributed by atoms with E-state index in [1.807, 2.05) is 42.5 Å². The first kappa shape index (κ1) is 24.5. The Morgan fingerprint density at radius 2 is 1.68 bits per heavy atom. The highest BCUT2D eigenvalue weighted by molar-refractivity contribution is 5.92. The fraction of sp³-hybridized carbons (Fsp3) is 0.519. The first-order chi connectivity index (χ1) is 16.5. The predicted molar refractivity (Wildman–Crippen MR) is 137 cm³/mol. The molecule has 2 saturated heterocycles. The number of ether oxygens (including phenoxy) is 2. The molecule has 184 valence electrons. The van der Waals surface area contributed by atoms with Crippen LogP contribution in [-0.2, 0) is 9.53 Å². The van der Waals surface area contributed by atoms with E-state index in [1.54, 1.807) is 0 Å². The second-order valence-electron chi connectivity index (χ2n) is 9.75. The zero-order valence-electron chi connectivity index (χ0n) is 20.5. The van der Waals surface area contributed by atoms with E-state index in [0.717, 1.165) is 64.5 Å². The normalized spacial score (nSPS) is 18.0. The van der Waals surface area contributed by atoms with Gasteiger partial charge < -0.3 is 25.0 Å². The van der Waals surface area contributed by atoms with Crippen LogP contribution in [0.15, 0.2) is 54.6 Å². The van der Waals surface area contributed by atoms with Crippen LogP contribution in [0.4, 0.5) is 11.4 Å². The Labute approximate surface area is 203 Å². The minimum atomic E-state index is -0.163. The minimum Gasteiger partial charge on any atom is -0.484 e. The fourth-order valence-electron chi connectivity index (χ4n) is 4.63. The molecule has 0 saturated carbocycles. The van der Waals surface area contributed by atoms with Crippen molar-refractivity contribution in [3.63, 3.8) is 0 Å². The summed E-state index contributed by atoms with van der Waals surface area (Å²) in [6, 6.07) is 18.0. The molecule has 0 radical (unpaired) electrons. The van der Waals surface area contributed by atoms with Gasteiger partial charge in [-0.2, -0.15) is 0 Å². The molecule has 0 bridgehead atoms. The molecule has 0 aromatic heterocycles. The molecule has 2 fully saturated rings. The number of morpholine rings is 1. The Bertz CT molecular complexity index is 890. The van der Waals surface area contributed by atoms with Crippen LogP contribution in [-0.4, -0.2) is 74.9 Å². The summed E-state index contributed by atoms with van der Waals surface area (Å²) < 4.78 is 11.0. The van der Waals surface area contributed by atoms with Crippen LogP contribution in [0, 0.1) is 0 Å². The number of nitrogens with one attached hydrogen (secondary N) is 2. The molecule has 0 atom stereocenters. The summed E-state index contributed by atoms with van der Waals surface area (Å²) in [6.07, 6.45) is 2.27. The van der Waals surface area contributed by atoms with E-state index in [9.17, 15) is 4.79 Å². The van der Waals surface area contributed by atoms with Crippen molar-refractivity contribution in [3.05, 3.63) is 54.6 Å². The van der Waals surface area contributed by atoms with Crippen LogP contribution in [0.5, 0.6) is 5.75 Å². The average Bonchev–Trinajstić information content (AvgIpc) is 2.88. The summed E-state index contributed by atoms with van der Waals surface area (Å²) in [5, 5.41) is 6.72. The van der Waals surface area contributed by atoms with E-state index in [4.69, 9.17) is 9.47 Å². The Kier molecular flexibility index (Phi) is 8.43. The average molecular weight is 467 g/mol. The van der Waals surface area contributed by atoms with Crippen LogP contribution in [0.2, 0.25) is 0 Å².